The van der Waals surface area contributed by atoms with Crippen LogP contribution in [-0.2, 0) is 6.42 Å². The van der Waals surface area contributed by atoms with Crippen LogP contribution in [0.4, 0.5) is 0 Å². The van der Waals surface area contributed by atoms with Crippen LogP contribution in [0.25, 0.3) is 0 Å². The Bertz CT molecular complexity index is 314. The van der Waals surface area contributed by atoms with Gasteiger partial charge in [0.15, 0.2) is 0 Å². The van der Waals surface area contributed by atoms with Crippen molar-refractivity contribution in [1.82, 2.24) is 0 Å². The number of hydrogen-bond acceptors (Lipinski definition) is 2. The Hall–Kier alpha value is -0.730. The van der Waals surface area contributed by atoms with Gasteiger partial charge >= 0.3 is 0 Å². The van der Waals surface area contributed by atoms with Gasteiger partial charge in [-0.05, 0) is 50.1 Å². The Morgan fingerprint density at radius 1 is 1.47 bits per heavy atom. The van der Waals surface area contributed by atoms with Crippen LogP contribution in [0.5, 0.6) is 5.75 Å². The highest BCUT2D eigenvalue weighted by Crippen LogP contribution is 2.24. The van der Waals surface area contributed by atoms with Crippen molar-refractivity contribution in [2.45, 2.75) is 32.8 Å². The third kappa shape index (κ3) is 3.73. The molecule has 1 atom stereocenters. The molecule has 0 spiro atoms. The van der Waals surface area contributed by atoms with Crippen LogP contribution >= 0.6 is 11.6 Å². The average molecular weight is 228 g/mol. The number of halogens is 1. The number of nitrogens with two attached hydrogens (primary N) is 1. The molecule has 2 nitrogen and oxygen atoms in total. The van der Waals surface area contributed by atoms with E-state index in [0.29, 0.717) is 6.54 Å². The van der Waals surface area contributed by atoms with Gasteiger partial charge in [-0.3, -0.25) is 0 Å². The van der Waals surface area contributed by atoms with Crippen LogP contribution < -0.4 is 10.5 Å². The van der Waals surface area contributed by atoms with E-state index in [-0.39, 0.29) is 6.10 Å². The predicted molar refractivity (Wildman–Crippen MR) is 64.6 cm³/mol. The highest BCUT2D eigenvalue weighted by atomic mass is 35.5. The first-order chi connectivity index (χ1) is 7.17. The molecule has 1 aromatic rings. The van der Waals surface area contributed by atoms with Gasteiger partial charge in [-0.2, -0.15) is 0 Å². The number of ether oxygens (including phenoxy) is 1. The third-order valence-electron chi connectivity index (χ3n) is 2.34. The molecular formula is C12H18ClNO. The van der Waals surface area contributed by atoms with Gasteiger partial charge in [0.05, 0.1) is 6.10 Å². The summed E-state index contributed by atoms with van der Waals surface area (Å²) >= 11 is 5.93. The molecule has 0 aromatic heterocycles. The summed E-state index contributed by atoms with van der Waals surface area (Å²) < 4.78 is 5.79. The van der Waals surface area contributed by atoms with Crippen molar-refractivity contribution in [3.05, 3.63) is 28.8 Å². The molecule has 2 N–H and O–H groups in total. The quantitative estimate of drug-likeness (QED) is 0.839. The lowest BCUT2D eigenvalue weighted by Gasteiger charge is -2.16. The molecule has 0 aliphatic rings. The van der Waals surface area contributed by atoms with Gasteiger partial charge in [-0.1, -0.05) is 18.5 Å². The molecule has 1 unspecified atom stereocenters. The lowest BCUT2D eigenvalue weighted by Crippen LogP contribution is -2.12. The zero-order valence-electron chi connectivity index (χ0n) is 9.29. The van der Waals surface area contributed by atoms with Crippen LogP contribution in [0.2, 0.25) is 5.02 Å². The summed E-state index contributed by atoms with van der Waals surface area (Å²) in [5.74, 6) is 0.902. The largest absolute Gasteiger partial charge is 0.490 e. The second-order valence-corrected chi connectivity index (χ2v) is 4.06. The van der Waals surface area contributed by atoms with Gasteiger partial charge in [0, 0.05) is 5.02 Å². The van der Waals surface area contributed by atoms with Crippen molar-refractivity contribution in [2.24, 2.45) is 5.73 Å². The first-order valence-corrected chi connectivity index (χ1v) is 5.70. The number of rotatable bonds is 5. The van der Waals surface area contributed by atoms with Crippen LogP contribution in [0.1, 0.15) is 25.8 Å². The van der Waals surface area contributed by atoms with Crippen LogP contribution in [-0.4, -0.2) is 12.6 Å². The lowest BCUT2D eigenvalue weighted by molar-refractivity contribution is 0.215. The van der Waals surface area contributed by atoms with Crippen LogP contribution in [0.15, 0.2) is 18.2 Å². The minimum atomic E-state index is 0.225. The van der Waals surface area contributed by atoms with Crippen molar-refractivity contribution < 1.29 is 4.74 Å². The molecular weight excluding hydrogens is 210 g/mol. The lowest BCUT2D eigenvalue weighted by atomic mass is 10.1. The molecule has 3 heteroatoms. The molecule has 1 rings (SSSR count). The molecule has 84 valence electrons. The molecule has 15 heavy (non-hydrogen) atoms. The van der Waals surface area contributed by atoms with E-state index in [0.717, 1.165) is 29.2 Å². The Morgan fingerprint density at radius 2 is 2.20 bits per heavy atom. The van der Waals surface area contributed by atoms with E-state index in [1.165, 1.54) is 0 Å². The van der Waals surface area contributed by atoms with E-state index in [4.69, 9.17) is 22.1 Å². The fraction of sp³-hybridized carbons (Fsp3) is 0.500. The maximum atomic E-state index is 5.93. The fourth-order valence-electron chi connectivity index (χ4n) is 1.31. The number of benzene rings is 1. The summed E-state index contributed by atoms with van der Waals surface area (Å²) in [6.45, 7) is 4.77. The van der Waals surface area contributed by atoms with Gasteiger partial charge in [0.2, 0.25) is 0 Å². The van der Waals surface area contributed by atoms with E-state index in [1.54, 1.807) is 0 Å². The highest BCUT2D eigenvalue weighted by Gasteiger charge is 2.07. The molecule has 1 aromatic carbocycles. The standard InChI is InChI=1S/C12H18ClNO/c1-3-9(2)15-12-5-4-11(13)8-10(12)6-7-14/h4-5,8-9H,3,6-7,14H2,1-2H3. The fourth-order valence-corrected chi connectivity index (χ4v) is 1.51. The van der Waals surface area contributed by atoms with E-state index in [2.05, 4.69) is 13.8 Å². The topological polar surface area (TPSA) is 35.2 Å². The molecule has 0 bridgehead atoms. The predicted octanol–water partition coefficient (Wildman–Crippen LogP) is 3.02. The Morgan fingerprint density at radius 3 is 2.80 bits per heavy atom. The summed E-state index contributed by atoms with van der Waals surface area (Å²) in [6.07, 6.45) is 2.01. The molecule has 0 radical (unpaired) electrons. The van der Waals surface area contributed by atoms with E-state index in [1.807, 2.05) is 18.2 Å². The Balaban J connectivity index is 2.85. The van der Waals surface area contributed by atoms with Gasteiger partial charge in [-0.25, -0.2) is 0 Å². The normalized spacial score (nSPS) is 12.5. The number of hydrogen-bond donors (Lipinski definition) is 1. The second kappa shape index (κ2) is 5.99. The monoisotopic (exact) mass is 227 g/mol. The summed E-state index contributed by atoms with van der Waals surface area (Å²) in [5.41, 5.74) is 6.63. The van der Waals surface area contributed by atoms with E-state index >= 15 is 0 Å². The molecule has 0 aliphatic heterocycles. The SMILES string of the molecule is CCC(C)Oc1ccc(Cl)cc1CCN. The van der Waals surface area contributed by atoms with E-state index < -0.39 is 0 Å². The van der Waals surface area contributed by atoms with E-state index in [9.17, 15) is 0 Å². The summed E-state index contributed by atoms with van der Waals surface area (Å²) in [5, 5.41) is 0.731. The molecule has 0 aliphatic carbocycles. The van der Waals surface area contributed by atoms with Crippen LogP contribution in [0, 0.1) is 0 Å². The minimum absolute atomic E-state index is 0.225. The van der Waals surface area contributed by atoms with Crippen molar-refractivity contribution >= 4 is 11.6 Å². The third-order valence-corrected chi connectivity index (χ3v) is 2.57. The smallest absolute Gasteiger partial charge is 0.123 e. The van der Waals surface area contributed by atoms with Crippen LogP contribution in [0.3, 0.4) is 0 Å². The second-order valence-electron chi connectivity index (χ2n) is 3.63. The first kappa shape index (κ1) is 12.3. The minimum Gasteiger partial charge on any atom is -0.490 e. The zero-order chi connectivity index (χ0) is 11.3. The van der Waals surface area contributed by atoms with Gasteiger partial charge < -0.3 is 10.5 Å². The molecule has 0 saturated carbocycles. The van der Waals surface area contributed by atoms with Crippen molar-refractivity contribution in [3.63, 3.8) is 0 Å². The molecule has 0 saturated heterocycles. The van der Waals surface area contributed by atoms with Gasteiger partial charge in [-0.15, -0.1) is 0 Å². The Kier molecular flexibility index (Phi) is 4.92. The van der Waals surface area contributed by atoms with Gasteiger partial charge in [0.25, 0.3) is 0 Å². The maximum Gasteiger partial charge on any atom is 0.123 e. The maximum absolute atomic E-state index is 5.93. The summed E-state index contributed by atoms with van der Waals surface area (Å²) in [7, 11) is 0. The van der Waals surface area contributed by atoms with Crippen molar-refractivity contribution in [3.8, 4) is 5.75 Å². The summed E-state index contributed by atoms with van der Waals surface area (Å²) in [6, 6.07) is 5.69. The van der Waals surface area contributed by atoms with Crippen molar-refractivity contribution in [1.29, 1.82) is 0 Å². The average Bonchev–Trinajstić information content (AvgIpc) is 2.22. The molecule has 0 fully saturated rings. The summed E-state index contributed by atoms with van der Waals surface area (Å²) in [4.78, 5) is 0. The van der Waals surface area contributed by atoms with Crippen molar-refractivity contribution in [2.75, 3.05) is 6.54 Å². The van der Waals surface area contributed by atoms with Gasteiger partial charge in [0.1, 0.15) is 5.75 Å². The Labute approximate surface area is 96.4 Å². The first-order valence-electron chi connectivity index (χ1n) is 5.32. The molecule has 0 heterocycles. The molecule has 0 amide bonds. The zero-order valence-corrected chi connectivity index (χ0v) is 10.1. The highest BCUT2D eigenvalue weighted by molar-refractivity contribution is 6.30.